The van der Waals surface area contributed by atoms with Crippen LogP contribution in [0.4, 0.5) is 15.3 Å². The van der Waals surface area contributed by atoms with Gasteiger partial charge in [-0.3, -0.25) is 4.90 Å². The number of likely N-dealkylation sites (tertiary alicyclic amines) is 1. The molecule has 0 aromatic heterocycles. The van der Waals surface area contributed by atoms with Gasteiger partial charge in [-0.05, 0) is 42.2 Å². The lowest BCUT2D eigenvalue weighted by molar-refractivity contribution is 0.113. The summed E-state index contributed by atoms with van der Waals surface area (Å²) in [4.78, 5) is 29.1. The van der Waals surface area contributed by atoms with E-state index in [-0.39, 0.29) is 30.3 Å². The molecule has 8 heteroatoms. The monoisotopic (exact) mass is 441 g/mol. The van der Waals surface area contributed by atoms with Crippen molar-refractivity contribution in [2.75, 3.05) is 25.5 Å². The van der Waals surface area contributed by atoms with Gasteiger partial charge in [0.25, 0.3) is 0 Å². The van der Waals surface area contributed by atoms with Crippen LogP contribution in [0.2, 0.25) is 5.02 Å². The highest BCUT2D eigenvalue weighted by Crippen LogP contribution is 2.44. The molecule has 2 aliphatic heterocycles. The standard InChI is InChI=1S/C23H24ClN3O4/c1-30-19-7-6-15(24)13-18(19)25-22(28)26-10-8-16(9-11-26)27-21-17-5-3-2-4-14(17)12-20(21)31-23(27)29/h2-7,13,16,20-21H,8-12H2,1H3,(H,25,28)/t20-,21+/m0/s1. The van der Waals surface area contributed by atoms with Crippen LogP contribution in [0, 0.1) is 0 Å². The number of hydrogen-bond donors (Lipinski definition) is 1. The van der Waals surface area contributed by atoms with Gasteiger partial charge in [0.2, 0.25) is 0 Å². The minimum Gasteiger partial charge on any atom is -0.495 e. The van der Waals surface area contributed by atoms with Gasteiger partial charge < -0.3 is 19.7 Å². The number of anilines is 1. The first-order valence-electron chi connectivity index (χ1n) is 10.5. The topological polar surface area (TPSA) is 71.1 Å². The highest BCUT2D eigenvalue weighted by Gasteiger charge is 2.50. The van der Waals surface area contributed by atoms with Gasteiger partial charge in [0.15, 0.2) is 0 Å². The van der Waals surface area contributed by atoms with Crippen molar-refractivity contribution in [2.24, 2.45) is 0 Å². The zero-order chi connectivity index (χ0) is 21.5. The highest BCUT2D eigenvalue weighted by atomic mass is 35.5. The van der Waals surface area contributed by atoms with E-state index in [1.165, 1.54) is 11.1 Å². The summed E-state index contributed by atoms with van der Waals surface area (Å²) in [5.74, 6) is 0.554. The number of ether oxygens (including phenoxy) is 2. The Hall–Kier alpha value is -2.93. The molecule has 2 aromatic carbocycles. The number of urea groups is 1. The average molecular weight is 442 g/mol. The van der Waals surface area contributed by atoms with Gasteiger partial charge in [0, 0.05) is 30.6 Å². The maximum atomic E-state index is 12.8. The molecule has 0 unspecified atom stereocenters. The Morgan fingerprint density at radius 1 is 1.19 bits per heavy atom. The second kappa shape index (κ2) is 7.96. The highest BCUT2D eigenvalue weighted by molar-refractivity contribution is 6.31. The number of halogens is 1. The lowest BCUT2D eigenvalue weighted by Gasteiger charge is -2.37. The molecule has 3 amide bonds. The summed E-state index contributed by atoms with van der Waals surface area (Å²) >= 11 is 6.06. The summed E-state index contributed by atoms with van der Waals surface area (Å²) in [5, 5.41) is 3.41. The van der Waals surface area contributed by atoms with Crippen LogP contribution in [0.5, 0.6) is 5.75 Å². The number of carbonyl (C=O) groups excluding carboxylic acids is 2. The van der Waals surface area contributed by atoms with Crippen LogP contribution in [-0.2, 0) is 11.2 Å². The van der Waals surface area contributed by atoms with Crippen LogP contribution in [0.25, 0.3) is 0 Å². The average Bonchev–Trinajstić information content (AvgIpc) is 3.28. The fraction of sp³-hybridized carbons (Fsp3) is 0.391. The van der Waals surface area contributed by atoms with E-state index in [9.17, 15) is 9.59 Å². The summed E-state index contributed by atoms with van der Waals surface area (Å²) in [6.07, 6.45) is 1.84. The predicted octanol–water partition coefficient (Wildman–Crippen LogP) is 4.46. The number of amides is 3. The molecule has 0 saturated carbocycles. The Labute approximate surface area is 185 Å². The molecule has 0 bridgehead atoms. The lowest BCUT2D eigenvalue weighted by Crippen LogP contribution is -2.48. The van der Waals surface area contributed by atoms with Gasteiger partial charge >= 0.3 is 12.1 Å². The van der Waals surface area contributed by atoms with Gasteiger partial charge in [-0.1, -0.05) is 35.9 Å². The number of fused-ring (bicyclic) bond motifs is 3. The molecule has 0 radical (unpaired) electrons. The molecule has 2 atom stereocenters. The SMILES string of the molecule is COc1ccc(Cl)cc1NC(=O)N1CCC(N2C(=O)O[C@H]3Cc4ccccc4[C@H]32)CC1. The molecule has 2 fully saturated rings. The molecule has 2 saturated heterocycles. The lowest BCUT2D eigenvalue weighted by atomic mass is 9.99. The second-order valence-electron chi connectivity index (χ2n) is 8.17. The van der Waals surface area contributed by atoms with E-state index < -0.39 is 0 Å². The molecule has 31 heavy (non-hydrogen) atoms. The van der Waals surface area contributed by atoms with E-state index in [0.717, 1.165) is 6.42 Å². The number of methoxy groups -OCH3 is 1. The third kappa shape index (κ3) is 3.57. The zero-order valence-electron chi connectivity index (χ0n) is 17.2. The summed E-state index contributed by atoms with van der Waals surface area (Å²) in [7, 11) is 1.55. The molecule has 3 aliphatic rings. The van der Waals surface area contributed by atoms with Crippen LogP contribution in [0.1, 0.15) is 30.0 Å². The summed E-state index contributed by atoms with van der Waals surface area (Å²) in [5.41, 5.74) is 2.98. The van der Waals surface area contributed by atoms with Crippen molar-refractivity contribution < 1.29 is 19.1 Å². The summed E-state index contributed by atoms with van der Waals surface area (Å²) in [6, 6.07) is 13.2. The van der Waals surface area contributed by atoms with Gasteiger partial charge in [-0.25, -0.2) is 9.59 Å². The van der Waals surface area contributed by atoms with E-state index in [1.807, 2.05) is 17.0 Å². The molecule has 5 rings (SSSR count). The number of nitrogens with one attached hydrogen (secondary N) is 1. The van der Waals surface area contributed by atoms with Crippen LogP contribution in [0.3, 0.4) is 0 Å². The summed E-state index contributed by atoms with van der Waals surface area (Å²) in [6.45, 7) is 1.12. The van der Waals surface area contributed by atoms with Crippen LogP contribution >= 0.6 is 11.6 Å². The first-order valence-corrected chi connectivity index (χ1v) is 10.9. The molecule has 1 N–H and O–H groups in total. The van der Waals surface area contributed by atoms with Crippen LogP contribution in [-0.4, -0.2) is 54.3 Å². The van der Waals surface area contributed by atoms with Crippen LogP contribution in [0.15, 0.2) is 42.5 Å². The van der Waals surface area contributed by atoms with Gasteiger partial charge in [0.05, 0.1) is 18.8 Å². The third-order valence-electron chi connectivity index (χ3n) is 6.46. The minimum atomic E-state index is -0.240. The molecular weight excluding hydrogens is 418 g/mol. The first kappa shape index (κ1) is 20.0. The zero-order valence-corrected chi connectivity index (χ0v) is 18.0. The first-order chi connectivity index (χ1) is 15.0. The van der Waals surface area contributed by atoms with Crippen molar-refractivity contribution in [3.8, 4) is 5.75 Å². The number of piperidine rings is 1. The number of carbonyl (C=O) groups is 2. The molecule has 2 aromatic rings. The van der Waals surface area contributed by atoms with Crippen molar-refractivity contribution >= 4 is 29.4 Å². The predicted molar refractivity (Wildman–Crippen MR) is 117 cm³/mol. The molecule has 0 spiro atoms. The molecule has 2 heterocycles. The largest absolute Gasteiger partial charge is 0.495 e. The Morgan fingerprint density at radius 3 is 2.74 bits per heavy atom. The normalized spacial score (nSPS) is 22.7. The Balaban J connectivity index is 1.25. The second-order valence-corrected chi connectivity index (χ2v) is 8.61. The van der Waals surface area contributed by atoms with Crippen molar-refractivity contribution in [3.63, 3.8) is 0 Å². The fourth-order valence-electron chi connectivity index (χ4n) is 4.97. The maximum Gasteiger partial charge on any atom is 0.411 e. The molecule has 7 nitrogen and oxygen atoms in total. The van der Waals surface area contributed by atoms with Crippen molar-refractivity contribution in [2.45, 2.75) is 37.5 Å². The van der Waals surface area contributed by atoms with E-state index in [0.29, 0.717) is 42.4 Å². The maximum absolute atomic E-state index is 12.8. The van der Waals surface area contributed by atoms with Crippen molar-refractivity contribution in [3.05, 3.63) is 58.6 Å². The number of rotatable bonds is 3. The smallest absolute Gasteiger partial charge is 0.411 e. The molecular formula is C23H24ClN3O4. The third-order valence-corrected chi connectivity index (χ3v) is 6.69. The fourth-order valence-corrected chi connectivity index (χ4v) is 5.14. The molecule has 162 valence electrons. The van der Waals surface area contributed by atoms with E-state index in [2.05, 4.69) is 17.4 Å². The van der Waals surface area contributed by atoms with Gasteiger partial charge in [0.1, 0.15) is 11.9 Å². The Morgan fingerprint density at radius 2 is 1.97 bits per heavy atom. The van der Waals surface area contributed by atoms with Crippen molar-refractivity contribution in [1.29, 1.82) is 0 Å². The number of benzene rings is 2. The number of nitrogens with zero attached hydrogens (tertiary/aromatic N) is 2. The summed E-state index contributed by atoms with van der Waals surface area (Å²) < 4.78 is 11.0. The van der Waals surface area contributed by atoms with E-state index in [1.54, 1.807) is 30.2 Å². The van der Waals surface area contributed by atoms with Crippen LogP contribution < -0.4 is 10.1 Å². The molecule has 1 aliphatic carbocycles. The quantitative estimate of drug-likeness (QED) is 0.763. The number of hydrogen-bond acceptors (Lipinski definition) is 4. The Kier molecular flexibility index (Phi) is 5.14. The van der Waals surface area contributed by atoms with Crippen molar-refractivity contribution in [1.82, 2.24) is 9.80 Å². The van der Waals surface area contributed by atoms with Gasteiger partial charge in [-0.2, -0.15) is 0 Å². The minimum absolute atomic E-state index is 0.0233. The van der Waals surface area contributed by atoms with E-state index in [4.69, 9.17) is 21.1 Å². The Bertz CT molecular complexity index is 1020. The van der Waals surface area contributed by atoms with Gasteiger partial charge in [-0.15, -0.1) is 0 Å². The van der Waals surface area contributed by atoms with E-state index >= 15 is 0 Å².